The molecule has 0 spiro atoms. The Kier molecular flexibility index (Phi) is 12.7. The first-order valence-electron chi connectivity index (χ1n) is 24.9. The predicted octanol–water partition coefficient (Wildman–Crippen LogP) is 19.9. The highest BCUT2D eigenvalue weighted by Crippen LogP contribution is 2.40. The predicted molar refractivity (Wildman–Crippen MR) is 309 cm³/mol. The maximum atomic E-state index is 2.36. The fraction of sp³-hybridized carbons (Fsp3) is 0.0571. The molecule has 0 aliphatic rings. The van der Waals surface area contributed by atoms with E-state index < -0.39 is 0 Å². The standard InChI is InChI=1S/C70H56N2/c1-49-5-18-55(19-6-49)59-27-38-66(39-28-59)71(67-40-29-60(30-41-67)56-20-7-50(2)8-21-56)65-36-16-53(17-37-65)13-14-54-15-26-64-48-70(46-35-63(64)47-54)72(68-42-31-61(32-43-68)57-22-9-51(3)10-23-57)69-44-33-62(34-45-69)58-24-11-52(4)12-25-58/h5-48H,1-4H3. The smallest absolute Gasteiger partial charge is 0.0468 e. The van der Waals surface area contributed by atoms with Gasteiger partial charge in [0.05, 0.1) is 0 Å². The lowest BCUT2D eigenvalue weighted by molar-refractivity contribution is 1.28. The summed E-state index contributed by atoms with van der Waals surface area (Å²) in [5.74, 6) is 0. The molecule has 11 rings (SSSR count). The maximum absolute atomic E-state index is 2.36. The molecule has 0 aliphatic heterocycles. The summed E-state index contributed by atoms with van der Waals surface area (Å²) < 4.78 is 0. The molecular formula is C70H56N2. The lowest BCUT2D eigenvalue weighted by Gasteiger charge is -2.26. The van der Waals surface area contributed by atoms with Crippen LogP contribution in [-0.4, -0.2) is 0 Å². The van der Waals surface area contributed by atoms with Crippen LogP contribution in [0.5, 0.6) is 0 Å². The molecule has 0 atom stereocenters. The molecule has 0 saturated heterocycles. The topological polar surface area (TPSA) is 6.48 Å². The van der Waals surface area contributed by atoms with Gasteiger partial charge in [-0.2, -0.15) is 0 Å². The van der Waals surface area contributed by atoms with E-state index in [1.165, 1.54) is 77.5 Å². The second-order valence-electron chi connectivity index (χ2n) is 19.0. The van der Waals surface area contributed by atoms with E-state index in [0.29, 0.717) is 0 Å². The van der Waals surface area contributed by atoms with Gasteiger partial charge in [0.15, 0.2) is 0 Å². The summed E-state index contributed by atoms with van der Waals surface area (Å²) >= 11 is 0. The van der Waals surface area contributed by atoms with Crippen molar-refractivity contribution in [2.24, 2.45) is 0 Å². The van der Waals surface area contributed by atoms with Crippen molar-refractivity contribution in [2.45, 2.75) is 27.7 Å². The highest BCUT2D eigenvalue weighted by atomic mass is 15.1. The Hall–Kier alpha value is -8.98. The number of nitrogens with zero attached hydrogens (tertiary/aromatic N) is 2. The van der Waals surface area contributed by atoms with Crippen molar-refractivity contribution < 1.29 is 0 Å². The van der Waals surface area contributed by atoms with Gasteiger partial charge in [-0.1, -0.05) is 210 Å². The first-order chi connectivity index (χ1) is 35.3. The monoisotopic (exact) mass is 924 g/mol. The zero-order valence-electron chi connectivity index (χ0n) is 41.3. The number of fused-ring (bicyclic) bond motifs is 1. The van der Waals surface area contributed by atoms with Crippen molar-refractivity contribution in [2.75, 3.05) is 9.80 Å². The number of aryl methyl sites for hydroxylation is 4. The number of hydrogen-bond acceptors (Lipinski definition) is 2. The van der Waals surface area contributed by atoms with Crippen molar-refractivity contribution in [1.29, 1.82) is 0 Å². The van der Waals surface area contributed by atoms with Crippen LogP contribution in [0, 0.1) is 27.7 Å². The molecule has 0 aliphatic carbocycles. The average molecular weight is 925 g/mol. The van der Waals surface area contributed by atoms with Gasteiger partial charge in [0.2, 0.25) is 0 Å². The average Bonchev–Trinajstić information content (AvgIpc) is 3.42. The fourth-order valence-corrected chi connectivity index (χ4v) is 9.51. The van der Waals surface area contributed by atoms with Crippen LogP contribution in [0.25, 0.3) is 67.4 Å². The van der Waals surface area contributed by atoms with Crippen molar-refractivity contribution >= 4 is 57.0 Å². The van der Waals surface area contributed by atoms with E-state index >= 15 is 0 Å². The van der Waals surface area contributed by atoms with Crippen molar-refractivity contribution in [3.05, 3.63) is 288 Å². The number of rotatable bonds is 12. The Labute approximate surface area is 425 Å². The molecule has 0 aromatic heterocycles. The molecule has 11 aromatic carbocycles. The maximum Gasteiger partial charge on any atom is 0.0468 e. The van der Waals surface area contributed by atoms with E-state index in [9.17, 15) is 0 Å². The molecule has 11 aromatic rings. The molecule has 0 bridgehead atoms. The summed E-state index contributed by atoms with van der Waals surface area (Å²) in [4.78, 5) is 4.70. The number of benzene rings is 11. The molecule has 72 heavy (non-hydrogen) atoms. The third-order valence-electron chi connectivity index (χ3n) is 13.8. The molecule has 2 nitrogen and oxygen atoms in total. The normalized spacial score (nSPS) is 11.3. The largest absolute Gasteiger partial charge is 0.311 e. The summed E-state index contributed by atoms with van der Waals surface area (Å²) in [5.41, 5.74) is 23.6. The van der Waals surface area contributed by atoms with Gasteiger partial charge in [-0.15, -0.1) is 0 Å². The van der Waals surface area contributed by atoms with Gasteiger partial charge in [-0.05, 0) is 173 Å². The Morgan fingerprint density at radius 2 is 0.431 bits per heavy atom. The first kappa shape index (κ1) is 45.5. The van der Waals surface area contributed by atoms with E-state index in [4.69, 9.17) is 0 Å². The van der Waals surface area contributed by atoms with Crippen LogP contribution in [0.2, 0.25) is 0 Å². The molecule has 0 saturated carbocycles. The van der Waals surface area contributed by atoms with E-state index in [1.54, 1.807) is 0 Å². The number of hydrogen-bond donors (Lipinski definition) is 0. The van der Waals surface area contributed by atoms with Crippen LogP contribution in [-0.2, 0) is 0 Å². The van der Waals surface area contributed by atoms with Gasteiger partial charge >= 0.3 is 0 Å². The van der Waals surface area contributed by atoms with Gasteiger partial charge < -0.3 is 9.80 Å². The van der Waals surface area contributed by atoms with Crippen molar-refractivity contribution in [3.63, 3.8) is 0 Å². The minimum absolute atomic E-state index is 1.10. The van der Waals surface area contributed by atoms with Gasteiger partial charge in [0.1, 0.15) is 0 Å². The van der Waals surface area contributed by atoms with Crippen molar-refractivity contribution in [3.8, 4) is 44.5 Å². The van der Waals surface area contributed by atoms with Crippen LogP contribution in [0.3, 0.4) is 0 Å². The lowest BCUT2D eigenvalue weighted by atomic mass is 10.0. The SMILES string of the molecule is Cc1ccc(-c2ccc(N(c3ccc(C=Cc4ccc5cc(N(c6ccc(-c7ccc(C)cc7)cc6)c6ccc(-c7ccc(C)cc7)cc6)ccc5c4)cc3)c3ccc(-c4ccc(C)cc4)cc3)cc2)cc1. The molecule has 0 amide bonds. The third kappa shape index (κ3) is 10.0. The molecule has 0 heterocycles. The second-order valence-corrected chi connectivity index (χ2v) is 19.0. The summed E-state index contributed by atoms with van der Waals surface area (Å²) in [7, 11) is 0. The van der Waals surface area contributed by atoms with E-state index in [1.807, 2.05) is 0 Å². The fourth-order valence-electron chi connectivity index (χ4n) is 9.51. The molecule has 0 fully saturated rings. The molecular weight excluding hydrogens is 869 g/mol. The lowest BCUT2D eigenvalue weighted by Crippen LogP contribution is -2.09. The van der Waals surface area contributed by atoms with Gasteiger partial charge in [0.25, 0.3) is 0 Å². The molecule has 346 valence electrons. The zero-order chi connectivity index (χ0) is 49.0. The summed E-state index contributed by atoms with van der Waals surface area (Å²) in [5, 5.41) is 2.38. The van der Waals surface area contributed by atoms with Crippen LogP contribution in [0.15, 0.2) is 255 Å². The van der Waals surface area contributed by atoms with Crippen LogP contribution >= 0.6 is 0 Å². The Morgan fingerprint density at radius 3 is 0.764 bits per heavy atom. The molecule has 0 unspecified atom stereocenters. The Balaban J connectivity index is 0.859. The highest BCUT2D eigenvalue weighted by Gasteiger charge is 2.16. The summed E-state index contributed by atoms with van der Waals surface area (Å²) in [6.07, 6.45) is 4.42. The Bertz CT molecular complexity index is 3450. The van der Waals surface area contributed by atoms with Gasteiger partial charge in [-0.25, -0.2) is 0 Å². The summed E-state index contributed by atoms with van der Waals surface area (Å²) in [6, 6.07) is 93.0. The van der Waals surface area contributed by atoms with E-state index in [-0.39, 0.29) is 0 Å². The van der Waals surface area contributed by atoms with E-state index in [0.717, 1.165) is 45.3 Å². The van der Waals surface area contributed by atoms with Crippen LogP contribution in [0.4, 0.5) is 34.1 Å². The van der Waals surface area contributed by atoms with Gasteiger partial charge in [-0.3, -0.25) is 0 Å². The minimum Gasteiger partial charge on any atom is -0.311 e. The summed E-state index contributed by atoms with van der Waals surface area (Å²) in [6.45, 7) is 8.52. The van der Waals surface area contributed by atoms with Crippen molar-refractivity contribution in [1.82, 2.24) is 0 Å². The van der Waals surface area contributed by atoms with Crippen LogP contribution < -0.4 is 9.80 Å². The number of anilines is 6. The Morgan fingerprint density at radius 1 is 0.208 bits per heavy atom. The quantitative estimate of drug-likeness (QED) is 0.113. The molecule has 0 N–H and O–H groups in total. The highest BCUT2D eigenvalue weighted by molar-refractivity contribution is 5.92. The molecule has 0 radical (unpaired) electrons. The molecule has 2 heteroatoms. The second kappa shape index (κ2) is 20.2. The van der Waals surface area contributed by atoms with E-state index in [2.05, 4.69) is 304 Å². The van der Waals surface area contributed by atoms with Crippen LogP contribution in [0.1, 0.15) is 33.4 Å². The first-order valence-corrected chi connectivity index (χ1v) is 24.9. The zero-order valence-corrected chi connectivity index (χ0v) is 41.3. The van der Waals surface area contributed by atoms with Gasteiger partial charge in [0, 0.05) is 34.1 Å². The minimum atomic E-state index is 1.10. The third-order valence-corrected chi connectivity index (χ3v) is 13.8.